The number of allylic oxidation sites excluding steroid dienone is 4. The Morgan fingerprint density at radius 1 is 1.06 bits per heavy atom. The lowest BCUT2D eigenvalue weighted by molar-refractivity contribution is 0.835. The van der Waals surface area contributed by atoms with Crippen molar-refractivity contribution in [3.8, 4) is 0 Å². The average molecular weight is 238 g/mol. The fourth-order valence-electron chi connectivity index (χ4n) is 1.78. The summed E-state index contributed by atoms with van der Waals surface area (Å²) in [6, 6.07) is 10.3. The summed E-state index contributed by atoms with van der Waals surface area (Å²) in [5.41, 5.74) is 2.98. The van der Waals surface area contributed by atoms with Crippen molar-refractivity contribution >= 4 is 17.1 Å². The van der Waals surface area contributed by atoms with E-state index in [4.69, 9.17) is 0 Å². The Kier molecular flexibility index (Phi) is 4.24. The van der Waals surface area contributed by atoms with Gasteiger partial charge in [0.25, 0.3) is 0 Å². The lowest BCUT2D eigenvalue weighted by Crippen LogP contribution is -2.12. The van der Waals surface area contributed by atoms with Crippen molar-refractivity contribution in [2.45, 2.75) is 26.3 Å². The van der Waals surface area contributed by atoms with Gasteiger partial charge < -0.3 is 0 Å². The van der Waals surface area contributed by atoms with Crippen molar-refractivity contribution in [1.82, 2.24) is 0 Å². The largest absolute Gasteiger partial charge is 0.284 e. The van der Waals surface area contributed by atoms with E-state index in [1.165, 1.54) is 0 Å². The summed E-state index contributed by atoms with van der Waals surface area (Å²) in [5.74, 6) is 0. The number of aliphatic imine (C=N–C) groups is 2. The molecule has 1 aromatic rings. The van der Waals surface area contributed by atoms with Gasteiger partial charge in [-0.1, -0.05) is 36.4 Å². The van der Waals surface area contributed by atoms with Crippen LogP contribution in [0.2, 0.25) is 0 Å². The maximum absolute atomic E-state index is 4.67. The molecule has 1 aromatic carbocycles. The maximum atomic E-state index is 4.67. The van der Waals surface area contributed by atoms with Crippen molar-refractivity contribution in [3.05, 3.63) is 54.6 Å². The fraction of sp³-hybridized carbons (Fsp3) is 0.250. The lowest BCUT2D eigenvalue weighted by Gasteiger charge is -2.06. The Morgan fingerprint density at radius 3 is 2.56 bits per heavy atom. The molecule has 0 fully saturated rings. The average Bonchev–Trinajstić information content (AvgIpc) is 2.56. The van der Waals surface area contributed by atoms with E-state index in [9.17, 15) is 0 Å². The van der Waals surface area contributed by atoms with Gasteiger partial charge in [0.1, 0.15) is 0 Å². The topological polar surface area (TPSA) is 24.7 Å². The molecule has 0 aromatic heterocycles. The smallest absolute Gasteiger partial charge is 0.0850 e. The summed E-state index contributed by atoms with van der Waals surface area (Å²) in [7, 11) is 0. The Labute approximate surface area is 108 Å². The normalized spacial score (nSPS) is 19.7. The highest BCUT2D eigenvalue weighted by atomic mass is 14.8. The molecule has 0 atom stereocenters. The molecule has 0 aliphatic heterocycles. The summed E-state index contributed by atoms with van der Waals surface area (Å²) < 4.78 is 0. The molecule has 92 valence electrons. The Bertz CT molecular complexity index is 505. The predicted octanol–water partition coefficient (Wildman–Crippen LogP) is 4.12. The van der Waals surface area contributed by atoms with Crippen molar-refractivity contribution in [2.75, 3.05) is 0 Å². The molecule has 0 saturated carbocycles. The molecule has 18 heavy (non-hydrogen) atoms. The van der Waals surface area contributed by atoms with Crippen LogP contribution in [0.5, 0.6) is 0 Å². The molecular weight excluding hydrogens is 220 g/mol. The van der Waals surface area contributed by atoms with Crippen LogP contribution in [-0.4, -0.2) is 17.5 Å². The predicted molar refractivity (Wildman–Crippen MR) is 79.0 cm³/mol. The fourth-order valence-corrected chi connectivity index (χ4v) is 1.78. The van der Waals surface area contributed by atoms with Crippen molar-refractivity contribution < 1.29 is 0 Å². The van der Waals surface area contributed by atoms with Gasteiger partial charge in [-0.2, -0.15) is 0 Å². The Hall–Kier alpha value is -1.96. The van der Waals surface area contributed by atoms with Crippen LogP contribution in [0.1, 0.15) is 20.3 Å². The summed E-state index contributed by atoms with van der Waals surface area (Å²) in [4.78, 5) is 9.33. The SMILES string of the molecule is CC(C)N=C1CC=CC=CC1=Nc1ccccc1. The van der Waals surface area contributed by atoms with Gasteiger partial charge in [-0.15, -0.1) is 0 Å². The Morgan fingerprint density at radius 2 is 1.83 bits per heavy atom. The number of hydrogen-bond acceptors (Lipinski definition) is 2. The molecule has 0 amide bonds. The van der Waals surface area contributed by atoms with Gasteiger partial charge in [0.15, 0.2) is 0 Å². The number of para-hydroxylation sites is 1. The van der Waals surface area contributed by atoms with E-state index in [0.29, 0.717) is 6.04 Å². The van der Waals surface area contributed by atoms with Crippen LogP contribution in [0.3, 0.4) is 0 Å². The number of hydrogen-bond donors (Lipinski definition) is 0. The third-order valence-electron chi connectivity index (χ3n) is 2.53. The zero-order valence-electron chi connectivity index (χ0n) is 10.9. The summed E-state index contributed by atoms with van der Waals surface area (Å²) in [5, 5.41) is 0. The quantitative estimate of drug-likeness (QED) is 0.740. The van der Waals surface area contributed by atoms with Crippen molar-refractivity contribution in [1.29, 1.82) is 0 Å². The van der Waals surface area contributed by atoms with Gasteiger partial charge in [0.2, 0.25) is 0 Å². The maximum Gasteiger partial charge on any atom is 0.0850 e. The number of rotatable bonds is 2. The molecule has 2 nitrogen and oxygen atoms in total. The molecule has 0 radical (unpaired) electrons. The van der Waals surface area contributed by atoms with E-state index in [-0.39, 0.29) is 0 Å². The van der Waals surface area contributed by atoms with Crippen LogP contribution < -0.4 is 0 Å². The lowest BCUT2D eigenvalue weighted by atomic mass is 10.1. The highest BCUT2D eigenvalue weighted by Crippen LogP contribution is 2.13. The first kappa shape index (κ1) is 12.5. The number of nitrogens with zero attached hydrogens (tertiary/aromatic N) is 2. The summed E-state index contributed by atoms with van der Waals surface area (Å²) >= 11 is 0. The first-order valence-electron chi connectivity index (χ1n) is 6.29. The van der Waals surface area contributed by atoms with E-state index < -0.39 is 0 Å². The zero-order valence-corrected chi connectivity index (χ0v) is 10.9. The molecule has 0 N–H and O–H groups in total. The minimum Gasteiger partial charge on any atom is -0.284 e. The van der Waals surface area contributed by atoms with E-state index in [2.05, 4.69) is 29.9 Å². The molecule has 1 aliphatic rings. The van der Waals surface area contributed by atoms with Gasteiger partial charge in [0.05, 0.1) is 17.1 Å². The van der Waals surface area contributed by atoms with Gasteiger partial charge in [-0.3, -0.25) is 4.99 Å². The van der Waals surface area contributed by atoms with Crippen molar-refractivity contribution in [3.63, 3.8) is 0 Å². The summed E-state index contributed by atoms with van der Waals surface area (Å²) in [6.07, 6.45) is 9.05. The highest BCUT2D eigenvalue weighted by molar-refractivity contribution is 6.47. The van der Waals surface area contributed by atoms with Gasteiger partial charge in [-0.05, 0) is 32.1 Å². The second-order valence-electron chi connectivity index (χ2n) is 4.49. The van der Waals surface area contributed by atoms with Crippen molar-refractivity contribution in [2.24, 2.45) is 9.98 Å². The van der Waals surface area contributed by atoms with Crippen LogP contribution in [0.4, 0.5) is 5.69 Å². The summed E-state index contributed by atoms with van der Waals surface area (Å²) in [6.45, 7) is 4.18. The van der Waals surface area contributed by atoms with E-state index >= 15 is 0 Å². The van der Waals surface area contributed by atoms with E-state index in [0.717, 1.165) is 23.5 Å². The number of benzene rings is 1. The zero-order chi connectivity index (χ0) is 12.8. The van der Waals surface area contributed by atoms with E-state index in [1.807, 2.05) is 48.6 Å². The first-order chi connectivity index (χ1) is 8.75. The first-order valence-corrected chi connectivity index (χ1v) is 6.29. The third kappa shape index (κ3) is 3.52. The molecule has 0 unspecified atom stereocenters. The van der Waals surface area contributed by atoms with Gasteiger partial charge >= 0.3 is 0 Å². The molecule has 0 saturated heterocycles. The van der Waals surface area contributed by atoms with Crippen LogP contribution in [0.25, 0.3) is 0 Å². The minimum absolute atomic E-state index is 0.292. The molecule has 1 aliphatic carbocycles. The van der Waals surface area contributed by atoms with Crippen LogP contribution in [0.15, 0.2) is 64.6 Å². The molecule has 0 heterocycles. The second-order valence-corrected chi connectivity index (χ2v) is 4.49. The molecule has 2 heteroatoms. The molecule has 0 spiro atoms. The minimum atomic E-state index is 0.292. The highest BCUT2D eigenvalue weighted by Gasteiger charge is 2.07. The van der Waals surface area contributed by atoms with Gasteiger partial charge in [-0.25, -0.2) is 4.99 Å². The second kappa shape index (κ2) is 6.10. The van der Waals surface area contributed by atoms with Gasteiger partial charge in [0, 0.05) is 12.5 Å². The Balaban J connectivity index is 2.36. The molecule has 2 rings (SSSR count). The standard InChI is InChI=1S/C16H18N2/c1-13(2)17-15-11-7-4-8-12-16(15)18-14-9-5-3-6-10-14/h3-10,12-13H,11H2,1-2H3. The molecule has 0 bridgehead atoms. The third-order valence-corrected chi connectivity index (χ3v) is 2.53. The monoisotopic (exact) mass is 238 g/mol. The van der Waals surface area contributed by atoms with E-state index in [1.54, 1.807) is 0 Å². The van der Waals surface area contributed by atoms with Crippen LogP contribution in [-0.2, 0) is 0 Å². The van der Waals surface area contributed by atoms with Crippen LogP contribution >= 0.6 is 0 Å². The van der Waals surface area contributed by atoms with Crippen LogP contribution in [0, 0.1) is 0 Å². The molecular formula is C16H18N2.